The summed E-state index contributed by atoms with van der Waals surface area (Å²) >= 11 is 0. The highest BCUT2D eigenvalue weighted by Crippen LogP contribution is 2.35. The lowest BCUT2D eigenvalue weighted by molar-refractivity contribution is -0.137. The number of amides is 1. The highest BCUT2D eigenvalue weighted by atomic mass is 19.4. The van der Waals surface area contributed by atoms with Crippen LogP contribution in [0.25, 0.3) is 16.8 Å². The Labute approximate surface area is 184 Å². The summed E-state index contributed by atoms with van der Waals surface area (Å²) in [5, 5.41) is 2.76. The maximum Gasteiger partial charge on any atom is 0.419 e. The molecular formula is C22H27F3N6O. The largest absolute Gasteiger partial charge is 0.419 e. The highest BCUT2D eigenvalue weighted by molar-refractivity contribution is 5.88. The van der Waals surface area contributed by atoms with Crippen molar-refractivity contribution in [3.05, 3.63) is 41.9 Å². The van der Waals surface area contributed by atoms with Crippen LogP contribution in [0.1, 0.15) is 38.4 Å². The first-order valence-electron chi connectivity index (χ1n) is 10.5. The zero-order chi connectivity index (χ0) is 23.5. The normalized spacial score (nSPS) is 12.0. The third kappa shape index (κ3) is 5.18. The molecule has 0 aliphatic rings. The van der Waals surface area contributed by atoms with Crippen LogP contribution in [0, 0.1) is 0 Å². The van der Waals surface area contributed by atoms with E-state index in [9.17, 15) is 18.0 Å². The van der Waals surface area contributed by atoms with Crippen molar-refractivity contribution in [2.45, 2.75) is 39.8 Å². The van der Waals surface area contributed by atoms with E-state index >= 15 is 0 Å². The molecule has 1 amide bonds. The number of carbonyl (C=O) groups is 1. The quantitative estimate of drug-likeness (QED) is 0.538. The molecular weight excluding hydrogens is 421 g/mol. The molecule has 0 aliphatic heterocycles. The van der Waals surface area contributed by atoms with Gasteiger partial charge in [0, 0.05) is 30.4 Å². The van der Waals surface area contributed by atoms with E-state index in [1.807, 2.05) is 4.40 Å². The minimum atomic E-state index is -4.60. The number of nitrogens with two attached hydrogens (primary N) is 1. The molecule has 10 heteroatoms. The number of pyridine rings is 2. The zero-order valence-electron chi connectivity index (χ0n) is 18.3. The Morgan fingerprint density at radius 2 is 1.94 bits per heavy atom. The van der Waals surface area contributed by atoms with Gasteiger partial charge in [0.1, 0.15) is 11.5 Å². The number of hydrogen-bond acceptors (Lipinski definition) is 5. The molecule has 0 saturated carbocycles. The van der Waals surface area contributed by atoms with Crippen LogP contribution >= 0.6 is 0 Å². The molecule has 0 fully saturated rings. The SMILES string of the molecule is CCN(CC)CCCc1c(NC(C)=O)nc2ccc(-c3cnc(N)c(C(F)(F)F)c3)cn12. The second-order valence-corrected chi connectivity index (χ2v) is 7.52. The predicted octanol–water partition coefficient (Wildman–Crippen LogP) is 4.23. The molecule has 3 heterocycles. The lowest BCUT2D eigenvalue weighted by Crippen LogP contribution is -2.24. The van der Waals surface area contributed by atoms with E-state index in [-0.39, 0.29) is 11.5 Å². The summed E-state index contributed by atoms with van der Waals surface area (Å²) in [5.41, 5.74) is 6.67. The number of aromatic nitrogens is 3. The van der Waals surface area contributed by atoms with Crippen molar-refractivity contribution in [1.29, 1.82) is 0 Å². The van der Waals surface area contributed by atoms with Gasteiger partial charge in [0.25, 0.3) is 0 Å². The van der Waals surface area contributed by atoms with Crippen LogP contribution < -0.4 is 11.1 Å². The number of anilines is 2. The summed E-state index contributed by atoms with van der Waals surface area (Å²) < 4.78 is 41.6. The first kappa shape index (κ1) is 23.5. The van der Waals surface area contributed by atoms with Crippen LogP contribution in [0.15, 0.2) is 30.6 Å². The Morgan fingerprint density at radius 1 is 1.22 bits per heavy atom. The van der Waals surface area contributed by atoms with Crippen LogP contribution in [-0.2, 0) is 17.4 Å². The number of imidazole rings is 1. The molecule has 3 aromatic heterocycles. The fourth-order valence-corrected chi connectivity index (χ4v) is 3.64. The molecule has 0 spiro atoms. The number of hydrogen-bond donors (Lipinski definition) is 2. The Hall–Kier alpha value is -3.14. The van der Waals surface area contributed by atoms with Gasteiger partial charge in [-0.15, -0.1) is 0 Å². The van der Waals surface area contributed by atoms with Crippen molar-refractivity contribution < 1.29 is 18.0 Å². The summed E-state index contributed by atoms with van der Waals surface area (Å²) in [4.78, 5) is 22.2. The molecule has 3 aromatic rings. The van der Waals surface area contributed by atoms with Crippen LogP contribution in [0.5, 0.6) is 0 Å². The van der Waals surface area contributed by atoms with Crippen molar-refractivity contribution in [3.8, 4) is 11.1 Å². The topological polar surface area (TPSA) is 88.5 Å². The van der Waals surface area contributed by atoms with Crippen molar-refractivity contribution >= 4 is 23.2 Å². The third-order valence-corrected chi connectivity index (χ3v) is 5.35. The molecule has 3 N–H and O–H groups in total. The van der Waals surface area contributed by atoms with Gasteiger partial charge in [-0.1, -0.05) is 13.8 Å². The van der Waals surface area contributed by atoms with Crippen molar-refractivity contribution in [2.75, 3.05) is 30.7 Å². The van der Waals surface area contributed by atoms with Gasteiger partial charge in [0.15, 0.2) is 5.82 Å². The van der Waals surface area contributed by atoms with Crippen LogP contribution in [-0.4, -0.2) is 44.8 Å². The molecule has 172 valence electrons. The average Bonchev–Trinajstić information content (AvgIpc) is 3.06. The van der Waals surface area contributed by atoms with E-state index < -0.39 is 17.6 Å². The molecule has 3 rings (SSSR count). The molecule has 0 radical (unpaired) electrons. The summed E-state index contributed by atoms with van der Waals surface area (Å²) in [6.45, 7) is 8.38. The van der Waals surface area contributed by atoms with Crippen LogP contribution in [0.2, 0.25) is 0 Å². The Bertz CT molecular complexity index is 1100. The van der Waals surface area contributed by atoms with Crippen LogP contribution in [0.4, 0.5) is 24.8 Å². The molecule has 0 unspecified atom stereocenters. The molecule has 7 nitrogen and oxygen atoms in total. The van der Waals surface area contributed by atoms with E-state index in [4.69, 9.17) is 5.73 Å². The lowest BCUT2D eigenvalue weighted by atomic mass is 10.1. The number of rotatable bonds is 8. The van der Waals surface area contributed by atoms with Crippen molar-refractivity contribution in [1.82, 2.24) is 19.3 Å². The number of nitrogens with one attached hydrogen (secondary N) is 1. The zero-order valence-corrected chi connectivity index (χ0v) is 18.3. The average molecular weight is 448 g/mol. The maximum atomic E-state index is 13.3. The third-order valence-electron chi connectivity index (χ3n) is 5.35. The second-order valence-electron chi connectivity index (χ2n) is 7.52. The first-order valence-corrected chi connectivity index (χ1v) is 10.5. The second kappa shape index (κ2) is 9.56. The fourth-order valence-electron chi connectivity index (χ4n) is 3.64. The smallest absolute Gasteiger partial charge is 0.383 e. The van der Waals surface area contributed by atoms with Gasteiger partial charge in [0.05, 0.1) is 11.3 Å². The van der Waals surface area contributed by atoms with E-state index in [1.165, 1.54) is 13.1 Å². The number of nitrogen functional groups attached to an aromatic ring is 1. The standard InChI is InChI=1S/C22H27F3N6O/c1-4-30(5-2)10-6-7-18-21(28-14(3)32)29-19-9-8-15(13-31(18)19)16-11-17(22(23,24)25)20(26)27-12-16/h8-9,11-13H,4-7,10H2,1-3H3,(H2,26,27)(H,28,32). The number of aryl methyl sites for hydroxylation is 1. The minimum Gasteiger partial charge on any atom is -0.383 e. The minimum absolute atomic E-state index is 0.240. The van der Waals surface area contributed by atoms with E-state index in [2.05, 4.69) is 34.0 Å². The van der Waals surface area contributed by atoms with Gasteiger partial charge in [-0.2, -0.15) is 13.2 Å². The van der Waals surface area contributed by atoms with Gasteiger partial charge in [-0.25, -0.2) is 9.97 Å². The van der Waals surface area contributed by atoms with E-state index in [1.54, 1.807) is 18.3 Å². The summed E-state index contributed by atoms with van der Waals surface area (Å²) in [6, 6.07) is 4.38. The van der Waals surface area contributed by atoms with Gasteiger partial charge < -0.3 is 20.4 Å². The number of nitrogens with zero attached hydrogens (tertiary/aromatic N) is 4. The Morgan fingerprint density at radius 3 is 2.56 bits per heavy atom. The van der Waals surface area contributed by atoms with Gasteiger partial charge in [-0.3, -0.25) is 4.79 Å². The van der Waals surface area contributed by atoms with Crippen LogP contribution in [0.3, 0.4) is 0 Å². The molecule has 32 heavy (non-hydrogen) atoms. The maximum absolute atomic E-state index is 13.3. The lowest BCUT2D eigenvalue weighted by Gasteiger charge is -2.17. The molecule has 0 aromatic carbocycles. The fraction of sp³-hybridized carbons (Fsp3) is 0.409. The molecule has 0 bridgehead atoms. The number of carbonyl (C=O) groups excluding carboxylic acids is 1. The first-order chi connectivity index (χ1) is 15.1. The summed E-state index contributed by atoms with van der Waals surface area (Å²) in [5.74, 6) is -0.341. The molecule has 0 saturated heterocycles. The molecule has 0 aliphatic carbocycles. The number of alkyl halides is 3. The monoisotopic (exact) mass is 448 g/mol. The van der Waals surface area contributed by atoms with Gasteiger partial charge >= 0.3 is 6.18 Å². The van der Waals surface area contributed by atoms with Crippen molar-refractivity contribution in [3.63, 3.8) is 0 Å². The molecule has 0 atom stereocenters. The Kier molecular flexibility index (Phi) is 7.02. The van der Waals surface area contributed by atoms with Crippen molar-refractivity contribution in [2.24, 2.45) is 0 Å². The van der Waals surface area contributed by atoms with E-state index in [0.29, 0.717) is 23.4 Å². The number of fused-ring (bicyclic) bond motifs is 1. The number of halogens is 3. The summed E-state index contributed by atoms with van der Waals surface area (Å²) in [6.07, 6.45) is -0.0793. The summed E-state index contributed by atoms with van der Waals surface area (Å²) in [7, 11) is 0. The van der Waals surface area contributed by atoms with E-state index in [0.717, 1.165) is 37.8 Å². The van der Waals surface area contributed by atoms with Gasteiger partial charge in [0.2, 0.25) is 5.91 Å². The Balaban J connectivity index is 2.02. The highest BCUT2D eigenvalue weighted by Gasteiger charge is 2.34. The van der Waals surface area contributed by atoms with Gasteiger partial charge in [-0.05, 0) is 50.7 Å². The predicted molar refractivity (Wildman–Crippen MR) is 118 cm³/mol.